The SMILES string of the molecule is Cc1ccc(Cl)c(N/C=C2\C(=O)C3(C)CCC2C3(C)C)c1. The lowest BCUT2D eigenvalue weighted by molar-refractivity contribution is -0.125. The second-order valence-electron chi connectivity index (χ2n) is 7.20. The van der Waals surface area contributed by atoms with Gasteiger partial charge >= 0.3 is 0 Å². The first kappa shape index (κ1) is 14.6. The van der Waals surface area contributed by atoms with Crippen LogP contribution < -0.4 is 5.32 Å². The molecule has 2 saturated carbocycles. The quantitative estimate of drug-likeness (QED) is 0.782. The molecule has 21 heavy (non-hydrogen) atoms. The third-order valence-corrected chi connectivity index (χ3v) is 6.20. The minimum atomic E-state index is -0.207. The predicted octanol–water partition coefficient (Wildman–Crippen LogP) is 4.97. The molecule has 2 aliphatic carbocycles. The van der Waals surface area contributed by atoms with Crippen LogP contribution in [0, 0.1) is 23.7 Å². The highest BCUT2D eigenvalue weighted by atomic mass is 35.5. The van der Waals surface area contributed by atoms with E-state index in [1.165, 1.54) is 0 Å². The molecule has 0 saturated heterocycles. The van der Waals surface area contributed by atoms with E-state index in [-0.39, 0.29) is 10.8 Å². The Morgan fingerprint density at radius 1 is 1.33 bits per heavy atom. The van der Waals surface area contributed by atoms with Crippen LogP contribution in [0.4, 0.5) is 5.69 Å². The molecule has 1 aromatic rings. The van der Waals surface area contributed by atoms with Gasteiger partial charge in [-0.2, -0.15) is 0 Å². The van der Waals surface area contributed by atoms with Crippen LogP contribution in [0.15, 0.2) is 30.0 Å². The molecule has 2 unspecified atom stereocenters. The van der Waals surface area contributed by atoms with Crippen LogP contribution in [-0.2, 0) is 4.79 Å². The van der Waals surface area contributed by atoms with E-state index in [0.29, 0.717) is 16.7 Å². The second kappa shape index (κ2) is 4.61. The largest absolute Gasteiger partial charge is 0.360 e. The number of carbonyl (C=O) groups excluding carboxylic acids is 1. The molecule has 0 amide bonds. The molecule has 1 aromatic carbocycles. The van der Waals surface area contributed by atoms with Crippen LogP contribution in [0.5, 0.6) is 0 Å². The molecule has 2 nitrogen and oxygen atoms in total. The maximum atomic E-state index is 12.7. The van der Waals surface area contributed by atoms with Gasteiger partial charge < -0.3 is 5.32 Å². The van der Waals surface area contributed by atoms with E-state index in [0.717, 1.165) is 29.7 Å². The normalized spacial score (nSPS) is 32.0. The summed E-state index contributed by atoms with van der Waals surface area (Å²) in [5.41, 5.74) is 2.79. The van der Waals surface area contributed by atoms with Crippen molar-refractivity contribution in [3.8, 4) is 0 Å². The summed E-state index contributed by atoms with van der Waals surface area (Å²) in [7, 11) is 0. The van der Waals surface area contributed by atoms with Gasteiger partial charge in [0.2, 0.25) is 0 Å². The molecule has 0 aromatic heterocycles. The number of rotatable bonds is 2. The second-order valence-corrected chi connectivity index (χ2v) is 7.61. The van der Waals surface area contributed by atoms with Gasteiger partial charge in [0, 0.05) is 17.2 Å². The van der Waals surface area contributed by atoms with Crippen molar-refractivity contribution in [3.63, 3.8) is 0 Å². The molecule has 112 valence electrons. The van der Waals surface area contributed by atoms with Crippen molar-refractivity contribution in [1.82, 2.24) is 0 Å². The van der Waals surface area contributed by atoms with Gasteiger partial charge in [0.1, 0.15) is 0 Å². The standard InChI is InChI=1S/C18H22ClNO/c1-11-5-6-14(19)15(9-11)20-10-12-13-7-8-18(4,16(12)21)17(13,2)3/h5-6,9-10,13,20H,7-8H2,1-4H3/b12-10-. The summed E-state index contributed by atoms with van der Waals surface area (Å²) in [6.07, 6.45) is 4.00. The van der Waals surface area contributed by atoms with Crippen LogP contribution in [-0.4, -0.2) is 5.78 Å². The number of allylic oxidation sites excluding steroid dienone is 1. The third-order valence-electron chi connectivity index (χ3n) is 5.87. The zero-order chi connectivity index (χ0) is 15.4. The highest BCUT2D eigenvalue weighted by molar-refractivity contribution is 6.33. The van der Waals surface area contributed by atoms with Crippen molar-refractivity contribution in [2.24, 2.45) is 16.7 Å². The summed E-state index contributed by atoms with van der Waals surface area (Å²) < 4.78 is 0. The first-order valence-corrected chi connectivity index (χ1v) is 7.93. The maximum absolute atomic E-state index is 12.7. The minimum absolute atomic E-state index is 0.0496. The number of nitrogens with one attached hydrogen (secondary N) is 1. The molecule has 1 N–H and O–H groups in total. The third kappa shape index (κ3) is 1.96. The van der Waals surface area contributed by atoms with E-state index in [1.54, 1.807) is 0 Å². The van der Waals surface area contributed by atoms with Crippen molar-refractivity contribution in [2.75, 3.05) is 5.32 Å². The molecule has 2 aliphatic rings. The first-order valence-electron chi connectivity index (χ1n) is 7.55. The number of aryl methyl sites for hydroxylation is 1. The topological polar surface area (TPSA) is 29.1 Å². The molecular weight excluding hydrogens is 282 g/mol. The summed E-state index contributed by atoms with van der Waals surface area (Å²) in [5.74, 6) is 0.658. The Morgan fingerprint density at radius 3 is 2.67 bits per heavy atom. The van der Waals surface area contributed by atoms with Gasteiger partial charge in [-0.1, -0.05) is 38.4 Å². The summed E-state index contributed by atoms with van der Waals surface area (Å²) in [6, 6.07) is 5.86. The van der Waals surface area contributed by atoms with E-state index in [1.807, 2.05) is 31.3 Å². The molecule has 3 heteroatoms. The molecule has 0 radical (unpaired) electrons. The molecule has 0 spiro atoms. The number of halogens is 1. The zero-order valence-corrected chi connectivity index (χ0v) is 13.8. The van der Waals surface area contributed by atoms with E-state index in [4.69, 9.17) is 11.6 Å². The van der Waals surface area contributed by atoms with Gasteiger partial charge in [-0.3, -0.25) is 4.79 Å². The molecule has 0 aliphatic heterocycles. The fraction of sp³-hybridized carbons (Fsp3) is 0.500. The Morgan fingerprint density at radius 2 is 2.05 bits per heavy atom. The molecular formula is C18H22ClNO. The van der Waals surface area contributed by atoms with Crippen LogP contribution in [0.2, 0.25) is 5.02 Å². The summed E-state index contributed by atoms with van der Waals surface area (Å²) in [4.78, 5) is 12.7. The lowest BCUT2D eigenvalue weighted by atomic mass is 9.70. The van der Waals surface area contributed by atoms with Crippen LogP contribution in [0.25, 0.3) is 0 Å². The predicted molar refractivity (Wildman–Crippen MR) is 87.5 cm³/mol. The highest BCUT2D eigenvalue weighted by Gasteiger charge is 2.63. The molecule has 0 heterocycles. The number of fused-ring (bicyclic) bond motifs is 2. The Labute approximate surface area is 131 Å². The number of hydrogen-bond donors (Lipinski definition) is 1. The number of carbonyl (C=O) groups is 1. The molecule has 3 rings (SSSR count). The smallest absolute Gasteiger partial charge is 0.167 e. The molecule has 2 atom stereocenters. The monoisotopic (exact) mass is 303 g/mol. The average Bonchev–Trinajstić information content (AvgIpc) is 2.73. The van der Waals surface area contributed by atoms with Crippen LogP contribution in [0.3, 0.4) is 0 Å². The summed E-state index contributed by atoms with van der Waals surface area (Å²) in [5, 5.41) is 3.93. The minimum Gasteiger partial charge on any atom is -0.360 e. The Balaban J connectivity index is 1.92. The highest BCUT2D eigenvalue weighted by Crippen LogP contribution is 2.65. The number of ketones is 1. The van der Waals surface area contributed by atoms with Crippen LogP contribution >= 0.6 is 11.6 Å². The maximum Gasteiger partial charge on any atom is 0.167 e. The van der Waals surface area contributed by atoms with Gasteiger partial charge in [-0.05, 0) is 48.8 Å². The van der Waals surface area contributed by atoms with Gasteiger partial charge in [-0.25, -0.2) is 0 Å². The number of benzene rings is 1. The number of hydrogen-bond acceptors (Lipinski definition) is 2. The Hall–Kier alpha value is -1.28. The van der Waals surface area contributed by atoms with Gasteiger partial charge in [0.05, 0.1) is 10.7 Å². The fourth-order valence-electron chi connectivity index (χ4n) is 4.00. The Kier molecular flexibility index (Phi) is 3.21. The van der Waals surface area contributed by atoms with Gasteiger partial charge in [0.25, 0.3) is 0 Å². The number of anilines is 1. The zero-order valence-electron chi connectivity index (χ0n) is 13.1. The van der Waals surface area contributed by atoms with Crippen molar-refractivity contribution in [1.29, 1.82) is 0 Å². The lowest BCUT2D eigenvalue weighted by Gasteiger charge is -2.31. The van der Waals surface area contributed by atoms with Gasteiger partial charge in [-0.15, -0.1) is 0 Å². The van der Waals surface area contributed by atoms with Crippen molar-refractivity contribution in [3.05, 3.63) is 40.6 Å². The summed E-state index contributed by atoms with van der Waals surface area (Å²) >= 11 is 6.20. The lowest BCUT2D eigenvalue weighted by Crippen LogP contribution is -2.32. The van der Waals surface area contributed by atoms with E-state index in [9.17, 15) is 4.79 Å². The first-order chi connectivity index (χ1) is 9.77. The van der Waals surface area contributed by atoms with Gasteiger partial charge in [0.15, 0.2) is 5.78 Å². The van der Waals surface area contributed by atoms with E-state index >= 15 is 0 Å². The van der Waals surface area contributed by atoms with Crippen LogP contribution in [0.1, 0.15) is 39.2 Å². The van der Waals surface area contributed by atoms with Crippen molar-refractivity contribution >= 4 is 23.1 Å². The summed E-state index contributed by atoms with van der Waals surface area (Å²) in [6.45, 7) is 8.60. The van der Waals surface area contributed by atoms with E-state index < -0.39 is 0 Å². The number of Topliss-reactive ketones (excluding diaryl/α,β-unsaturated/α-hetero) is 1. The van der Waals surface area contributed by atoms with Crippen molar-refractivity contribution in [2.45, 2.75) is 40.5 Å². The Bertz CT molecular complexity index is 647. The van der Waals surface area contributed by atoms with Crippen molar-refractivity contribution < 1.29 is 4.79 Å². The fourth-order valence-corrected chi connectivity index (χ4v) is 4.17. The molecule has 2 fully saturated rings. The average molecular weight is 304 g/mol. The molecule has 2 bridgehead atoms. The van der Waals surface area contributed by atoms with E-state index in [2.05, 4.69) is 26.1 Å².